The highest BCUT2D eigenvalue weighted by Crippen LogP contribution is 2.43. The van der Waals surface area contributed by atoms with Crippen LogP contribution in [0, 0.1) is 13.8 Å². The van der Waals surface area contributed by atoms with E-state index in [0.717, 1.165) is 22.5 Å². The van der Waals surface area contributed by atoms with Crippen LogP contribution < -0.4 is 20.2 Å². The predicted molar refractivity (Wildman–Crippen MR) is 101 cm³/mol. The van der Waals surface area contributed by atoms with Crippen molar-refractivity contribution in [3.05, 3.63) is 68.3 Å². The van der Waals surface area contributed by atoms with E-state index in [1.165, 1.54) is 0 Å². The fourth-order valence-electron chi connectivity index (χ4n) is 3.17. The van der Waals surface area contributed by atoms with Gasteiger partial charge in [-0.15, -0.1) is 0 Å². The van der Waals surface area contributed by atoms with Gasteiger partial charge in [0, 0.05) is 0 Å². The Morgan fingerprint density at radius 2 is 1.12 bits per heavy atom. The molecule has 4 nitrogen and oxygen atoms in total. The van der Waals surface area contributed by atoms with Gasteiger partial charge in [-0.1, -0.05) is 47.5 Å². The minimum atomic E-state index is 0.337. The first-order valence-corrected chi connectivity index (χ1v) is 8.83. The fourth-order valence-corrected chi connectivity index (χ4v) is 3.68. The number of rotatable bonds is 0. The molecule has 3 aromatic rings. The van der Waals surface area contributed by atoms with E-state index in [9.17, 15) is 0 Å². The molecule has 2 aliphatic rings. The van der Waals surface area contributed by atoms with Gasteiger partial charge in [0.1, 0.15) is 32.1 Å². The van der Waals surface area contributed by atoms with Gasteiger partial charge in [-0.05, 0) is 37.1 Å². The topological polar surface area (TPSA) is 43.2 Å². The Morgan fingerprint density at radius 1 is 0.692 bits per heavy atom. The molecule has 3 aromatic carbocycles. The number of ether oxygens (including phenoxy) is 2. The molecular weight excluding hydrogens is 371 g/mol. The van der Waals surface area contributed by atoms with Crippen molar-refractivity contribution in [3.63, 3.8) is 0 Å². The molecule has 26 heavy (non-hydrogen) atoms. The number of para-hydroxylation sites is 2. The number of benzene rings is 3. The van der Waals surface area contributed by atoms with Crippen molar-refractivity contribution in [2.75, 3.05) is 0 Å². The van der Waals surface area contributed by atoms with Crippen LogP contribution in [0.2, 0.25) is 10.0 Å². The second kappa shape index (κ2) is 5.47. The maximum Gasteiger partial charge on any atom is 0.175 e. The first-order valence-electron chi connectivity index (χ1n) is 8.08. The molecule has 0 saturated heterocycles. The average molecular weight is 383 g/mol. The molecule has 5 rings (SSSR count). The van der Waals surface area contributed by atoms with Crippen molar-refractivity contribution in [1.29, 1.82) is 0 Å². The van der Waals surface area contributed by atoms with E-state index in [0.29, 0.717) is 43.8 Å². The fraction of sp³-hybridized carbons (Fsp3) is 0.100. The molecule has 0 aromatic heterocycles. The van der Waals surface area contributed by atoms with E-state index >= 15 is 0 Å². The van der Waals surface area contributed by atoms with Crippen molar-refractivity contribution in [2.45, 2.75) is 13.8 Å². The van der Waals surface area contributed by atoms with E-state index in [4.69, 9.17) is 32.7 Å². The van der Waals surface area contributed by atoms with Crippen molar-refractivity contribution < 1.29 is 9.47 Å². The third-order valence-electron chi connectivity index (χ3n) is 4.52. The third-order valence-corrected chi connectivity index (χ3v) is 5.22. The maximum atomic E-state index is 6.62. The number of hydrogen-bond donors (Lipinski definition) is 0. The smallest absolute Gasteiger partial charge is 0.175 e. The molecule has 0 bridgehead atoms. The zero-order valence-corrected chi connectivity index (χ0v) is 15.4. The Kier molecular flexibility index (Phi) is 3.30. The third kappa shape index (κ3) is 2.09. The van der Waals surface area contributed by atoms with Crippen LogP contribution in [0.5, 0.6) is 23.0 Å². The maximum absolute atomic E-state index is 6.62. The predicted octanol–water partition coefficient (Wildman–Crippen LogP) is 5.72. The van der Waals surface area contributed by atoms with Crippen LogP contribution in [0.25, 0.3) is 0 Å². The van der Waals surface area contributed by atoms with Crippen LogP contribution in [-0.2, 0) is 0 Å². The first-order chi connectivity index (χ1) is 12.5. The van der Waals surface area contributed by atoms with Crippen molar-refractivity contribution in [2.24, 2.45) is 9.98 Å². The highest BCUT2D eigenvalue weighted by Gasteiger charge is 2.27. The van der Waals surface area contributed by atoms with Crippen LogP contribution in [-0.4, -0.2) is 0 Å². The van der Waals surface area contributed by atoms with Crippen LogP contribution in [0.1, 0.15) is 11.1 Å². The van der Waals surface area contributed by atoms with Crippen LogP contribution in [0.3, 0.4) is 0 Å². The van der Waals surface area contributed by atoms with Gasteiger partial charge in [0.2, 0.25) is 0 Å². The SMILES string of the molecule is Cc1cccc2c1N=c1c(Cl)c3c(c(Cl)c1O2)=Nc1c(C)cccc1O3. The number of fused-ring (bicyclic) bond motifs is 4. The largest absolute Gasteiger partial charge is 0.451 e. The second-order valence-electron chi connectivity index (χ2n) is 6.25. The van der Waals surface area contributed by atoms with Crippen molar-refractivity contribution in [1.82, 2.24) is 0 Å². The summed E-state index contributed by atoms with van der Waals surface area (Å²) in [7, 11) is 0. The lowest BCUT2D eigenvalue weighted by atomic mass is 10.1. The first kappa shape index (κ1) is 15.7. The summed E-state index contributed by atoms with van der Waals surface area (Å²) in [6.07, 6.45) is 0. The molecule has 0 spiro atoms. The number of hydrogen-bond acceptors (Lipinski definition) is 4. The van der Waals surface area contributed by atoms with E-state index in [2.05, 4.69) is 9.98 Å². The van der Waals surface area contributed by atoms with E-state index < -0.39 is 0 Å². The van der Waals surface area contributed by atoms with Gasteiger partial charge in [-0.25, -0.2) is 9.98 Å². The second-order valence-corrected chi connectivity index (χ2v) is 7.01. The molecule has 0 aliphatic carbocycles. The monoisotopic (exact) mass is 382 g/mol. The molecule has 0 amide bonds. The lowest BCUT2D eigenvalue weighted by molar-refractivity contribution is 0.451. The van der Waals surface area contributed by atoms with Gasteiger partial charge >= 0.3 is 0 Å². The summed E-state index contributed by atoms with van der Waals surface area (Å²) in [5.41, 5.74) is 3.46. The van der Waals surface area contributed by atoms with Gasteiger partial charge in [0.15, 0.2) is 23.0 Å². The highest BCUT2D eigenvalue weighted by atomic mass is 35.5. The van der Waals surface area contributed by atoms with Crippen LogP contribution in [0.15, 0.2) is 46.4 Å². The molecule has 0 saturated carbocycles. The molecular formula is C20H12Cl2N2O2. The Morgan fingerprint density at radius 3 is 1.54 bits per heavy atom. The Labute approximate surface area is 159 Å². The van der Waals surface area contributed by atoms with Crippen LogP contribution >= 0.6 is 23.2 Å². The number of halogens is 2. The summed E-state index contributed by atoms with van der Waals surface area (Å²) in [5, 5.41) is 1.60. The quantitative estimate of drug-likeness (QED) is 0.343. The van der Waals surface area contributed by atoms with Gasteiger partial charge in [0.25, 0.3) is 0 Å². The lowest BCUT2D eigenvalue weighted by Crippen LogP contribution is -2.22. The molecule has 128 valence electrons. The average Bonchev–Trinajstić information content (AvgIpc) is 2.65. The molecule has 2 aliphatic heterocycles. The highest BCUT2D eigenvalue weighted by molar-refractivity contribution is 6.35. The zero-order valence-electron chi connectivity index (χ0n) is 13.9. The summed E-state index contributed by atoms with van der Waals surface area (Å²) in [4.78, 5) is 9.37. The van der Waals surface area contributed by atoms with E-state index in [-0.39, 0.29) is 0 Å². The summed E-state index contributed by atoms with van der Waals surface area (Å²) in [6, 6.07) is 11.5. The standard InChI is InChI=1S/C20H12Cl2N2O2/c1-9-5-3-7-11-15(9)23-17-13(21)20-18(14(22)19(17)25-11)24-16-10(2)6-4-8-12(16)26-20/h3-8H,1-2H3. The Balaban J connectivity index is 1.88. The normalized spacial score (nSPS) is 13.1. The molecule has 0 fully saturated rings. The van der Waals surface area contributed by atoms with Crippen LogP contribution in [0.4, 0.5) is 11.4 Å². The number of nitrogens with zero attached hydrogens (tertiary/aromatic N) is 2. The molecule has 6 heteroatoms. The molecule has 0 atom stereocenters. The minimum absolute atomic E-state index is 0.337. The zero-order chi connectivity index (χ0) is 18.0. The van der Waals surface area contributed by atoms with Crippen molar-refractivity contribution in [3.8, 4) is 23.0 Å². The Bertz CT molecular complexity index is 1140. The summed E-state index contributed by atoms with van der Waals surface area (Å²) < 4.78 is 12.1. The van der Waals surface area contributed by atoms with Gasteiger partial charge in [-0.2, -0.15) is 0 Å². The molecule has 2 heterocycles. The molecule has 0 radical (unpaired) electrons. The van der Waals surface area contributed by atoms with E-state index in [1.807, 2.05) is 50.2 Å². The molecule has 0 N–H and O–H groups in total. The van der Waals surface area contributed by atoms with Gasteiger partial charge in [-0.3, -0.25) is 0 Å². The van der Waals surface area contributed by atoms with Crippen molar-refractivity contribution >= 4 is 34.6 Å². The van der Waals surface area contributed by atoms with Gasteiger partial charge in [0.05, 0.1) is 0 Å². The summed E-state index contributed by atoms with van der Waals surface area (Å²) in [5.74, 6) is 2.09. The van der Waals surface area contributed by atoms with Gasteiger partial charge < -0.3 is 9.47 Å². The van der Waals surface area contributed by atoms with E-state index in [1.54, 1.807) is 0 Å². The summed E-state index contributed by atoms with van der Waals surface area (Å²) in [6.45, 7) is 3.94. The minimum Gasteiger partial charge on any atom is -0.451 e. The molecule has 0 unspecified atom stereocenters. The summed E-state index contributed by atoms with van der Waals surface area (Å²) >= 11 is 13.2. The lowest BCUT2D eigenvalue weighted by Gasteiger charge is -2.21. The number of aryl methyl sites for hydroxylation is 2. The Hall–Kier alpha value is -2.56.